The van der Waals surface area contributed by atoms with Gasteiger partial charge in [0.2, 0.25) is 0 Å². The molecule has 0 atom stereocenters. The van der Waals surface area contributed by atoms with Crippen molar-refractivity contribution in [1.82, 2.24) is 9.88 Å². The lowest BCUT2D eigenvalue weighted by molar-refractivity contribution is 0.0689. The Kier molecular flexibility index (Phi) is 4.03. The van der Waals surface area contributed by atoms with Gasteiger partial charge in [-0.1, -0.05) is 23.8 Å². The topological polar surface area (TPSA) is 53.4 Å². The molecule has 0 unspecified atom stereocenters. The number of aryl methyl sites for hydroxylation is 1. The monoisotopic (exact) mass is 302 g/mol. The number of benzene rings is 1. The van der Waals surface area contributed by atoms with Gasteiger partial charge in [-0.15, -0.1) is 11.3 Å². The van der Waals surface area contributed by atoms with E-state index >= 15 is 0 Å². The summed E-state index contributed by atoms with van der Waals surface area (Å²) >= 11 is 1.50. The first-order chi connectivity index (χ1) is 10.1. The second-order valence-electron chi connectivity index (χ2n) is 5.45. The van der Waals surface area contributed by atoms with Gasteiger partial charge in [0.25, 0.3) is 0 Å². The minimum Gasteiger partial charge on any atom is -0.476 e. The van der Waals surface area contributed by atoms with Crippen LogP contribution in [0.15, 0.2) is 24.3 Å². The van der Waals surface area contributed by atoms with E-state index in [-0.39, 0.29) is 5.69 Å². The number of likely N-dealkylation sites (tertiary alicyclic amines) is 1. The number of hydrogen-bond acceptors (Lipinski definition) is 4. The van der Waals surface area contributed by atoms with Crippen molar-refractivity contribution >= 4 is 17.3 Å². The lowest BCUT2D eigenvalue weighted by Gasteiger charge is -2.12. The summed E-state index contributed by atoms with van der Waals surface area (Å²) in [6.07, 6.45) is 2.40. The van der Waals surface area contributed by atoms with E-state index in [1.54, 1.807) is 0 Å². The quantitative estimate of drug-likeness (QED) is 0.940. The van der Waals surface area contributed by atoms with Crippen molar-refractivity contribution in [2.24, 2.45) is 0 Å². The molecule has 1 aliphatic heterocycles. The Morgan fingerprint density at radius 3 is 2.81 bits per heavy atom. The lowest BCUT2D eigenvalue weighted by Crippen LogP contribution is -2.19. The molecule has 0 bridgehead atoms. The zero-order valence-electron chi connectivity index (χ0n) is 12.0. The van der Waals surface area contributed by atoms with E-state index in [1.807, 2.05) is 31.2 Å². The van der Waals surface area contributed by atoms with Crippen LogP contribution in [0.2, 0.25) is 0 Å². The normalized spacial score (nSPS) is 15.5. The molecule has 1 saturated heterocycles. The summed E-state index contributed by atoms with van der Waals surface area (Å²) in [5, 5.41) is 10.2. The Morgan fingerprint density at radius 1 is 1.38 bits per heavy atom. The number of carboxylic acid groups (broad SMARTS) is 1. The molecule has 5 heteroatoms. The maximum absolute atomic E-state index is 11.4. The van der Waals surface area contributed by atoms with Crippen LogP contribution in [-0.2, 0) is 6.54 Å². The van der Waals surface area contributed by atoms with Gasteiger partial charge in [-0.2, -0.15) is 0 Å². The average Bonchev–Trinajstić information content (AvgIpc) is 3.08. The van der Waals surface area contributed by atoms with Crippen molar-refractivity contribution in [3.05, 3.63) is 40.4 Å². The number of nitrogens with zero attached hydrogens (tertiary/aromatic N) is 2. The fraction of sp³-hybridized carbons (Fsp3) is 0.375. The van der Waals surface area contributed by atoms with Gasteiger partial charge in [-0.05, 0) is 38.9 Å². The molecular formula is C16H18N2O2S. The molecule has 0 spiro atoms. The maximum atomic E-state index is 11.4. The van der Waals surface area contributed by atoms with Gasteiger partial charge in [0, 0.05) is 12.1 Å². The van der Waals surface area contributed by atoms with Crippen molar-refractivity contribution in [2.45, 2.75) is 26.3 Å². The highest BCUT2D eigenvalue weighted by Crippen LogP contribution is 2.30. The van der Waals surface area contributed by atoms with E-state index in [0.717, 1.165) is 34.1 Å². The molecule has 0 radical (unpaired) electrons. The van der Waals surface area contributed by atoms with E-state index in [0.29, 0.717) is 6.54 Å². The van der Waals surface area contributed by atoms with Gasteiger partial charge in [0.05, 0.1) is 4.88 Å². The lowest BCUT2D eigenvalue weighted by atomic mass is 10.1. The average molecular weight is 302 g/mol. The number of carbonyl (C=O) groups is 1. The number of aromatic carboxylic acids is 1. The summed E-state index contributed by atoms with van der Waals surface area (Å²) in [6, 6.07) is 8.04. The minimum absolute atomic E-state index is 0.211. The summed E-state index contributed by atoms with van der Waals surface area (Å²) in [4.78, 5) is 19.0. The summed E-state index contributed by atoms with van der Waals surface area (Å²) < 4.78 is 0. The standard InChI is InChI=1S/C16H18N2O2S/c1-11-5-4-6-12(9-11)15-17-14(16(19)20)13(21-15)10-18-7-2-3-8-18/h4-6,9H,2-3,7-8,10H2,1H3,(H,19,20). The van der Waals surface area contributed by atoms with Gasteiger partial charge in [-0.25, -0.2) is 9.78 Å². The highest BCUT2D eigenvalue weighted by atomic mass is 32.1. The highest BCUT2D eigenvalue weighted by Gasteiger charge is 2.21. The number of rotatable bonds is 4. The molecule has 4 nitrogen and oxygen atoms in total. The summed E-state index contributed by atoms with van der Waals surface area (Å²) in [5.41, 5.74) is 2.36. The molecule has 2 aromatic rings. The van der Waals surface area contributed by atoms with Gasteiger partial charge >= 0.3 is 5.97 Å². The zero-order chi connectivity index (χ0) is 14.8. The largest absolute Gasteiger partial charge is 0.476 e. The first-order valence-corrected chi connectivity index (χ1v) is 7.97. The second kappa shape index (κ2) is 5.95. The maximum Gasteiger partial charge on any atom is 0.355 e. The third kappa shape index (κ3) is 3.14. The van der Waals surface area contributed by atoms with Gasteiger partial charge in [0.1, 0.15) is 5.01 Å². The van der Waals surface area contributed by atoms with Crippen LogP contribution in [0.4, 0.5) is 0 Å². The van der Waals surface area contributed by atoms with Crippen LogP contribution in [0.1, 0.15) is 33.8 Å². The predicted octanol–water partition coefficient (Wildman–Crippen LogP) is 3.41. The van der Waals surface area contributed by atoms with E-state index < -0.39 is 5.97 Å². The van der Waals surface area contributed by atoms with E-state index in [1.165, 1.54) is 24.2 Å². The van der Waals surface area contributed by atoms with Crippen LogP contribution in [0.25, 0.3) is 10.6 Å². The van der Waals surface area contributed by atoms with Crippen molar-refractivity contribution in [1.29, 1.82) is 0 Å². The fourth-order valence-electron chi connectivity index (χ4n) is 2.67. The summed E-state index contributed by atoms with van der Waals surface area (Å²) in [7, 11) is 0. The SMILES string of the molecule is Cc1cccc(-c2nc(C(=O)O)c(CN3CCCC3)s2)c1. The van der Waals surface area contributed by atoms with Crippen molar-refractivity contribution < 1.29 is 9.90 Å². The van der Waals surface area contributed by atoms with E-state index in [2.05, 4.69) is 9.88 Å². The molecule has 110 valence electrons. The molecule has 1 aliphatic rings. The zero-order valence-corrected chi connectivity index (χ0v) is 12.8. The first kappa shape index (κ1) is 14.2. The molecule has 0 amide bonds. The van der Waals surface area contributed by atoms with Gasteiger partial charge in [-0.3, -0.25) is 4.90 Å². The smallest absolute Gasteiger partial charge is 0.355 e. The Hall–Kier alpha value is -1.72. The van der Waals surface area contributed by atoms with Crippen molar-refractivity contribution in [2.75, 3.05) is 13.1 Å². The van der Waals surface area contributed by atoms with Crippen LogP contribution >= 0.6 is 11.3 Å². The molecule has 3 rings (SSSR count). The van der Waals surface area contributed by atoms with Crippen molar-refractivity contribution in [3.63, 3.8) is 0 Å². The molecule has 0 aliphatic carbocycles. The highest BCUT2D eigenvalue weighted by molar-refractivity contribution is 7.15. The molecule has 0 saturated carbocycles. The summed E-state index contributed by atoms with van der Waals surface area (Å²) in [6.45, 7) is 4.83. The number of hydrogen-bond donors (Lipinski definition) is 1. The summed E-state index contributed by atoms with van der Waals surface area (Å²) in [5.74, 6) is -0.931. The van der Waals surface area contributed by atoms with Crippen LogP contribution in [0.5, 0.6) is 0 Å². The molecule has 21 heavy (non-hydrogen) atoms. The Labute approximate surface area is 128 Å². The van der Waals surface area contributed by atoms with E-state index in [9.17, 15) is 9.90 Å². The Balaban J connectivity index is 1.93. The van der Waals surface area contributed by atoms with E-state index in [4.69, 9.17) is 0 Å². The number of aromatic nitrogens is 1. The molecule has 2 heterocycles. The number of carboxylic acids is 1. The molecule has 1 aromatic heterocycles. The predicted molar refractivity (Wildman–Crippen MR) is 83.8 cm³/mol. The molecule has 1 fully saturated rings. The van der Waals surface area contributed by atoms with Crippen LogP contribution in [-0.4, -0.2) is 34.0 Å². The van der Waals surface area contributed by atoms with Gasteiger partial charge in [0.15, 0.2) is 5.69 Å². The molecule has 1 N–H and O–H groups in total. The second-order valence-corrected chi connectivity index (χ2v) is 6.53. The third-order valence-corrected chi connectivity index (χ3v) is 4.82. The Morgan fingerprint density at radius 2 is 2.14 bits per heavy atom. The molecular weight excluding hydrogens is 284 g/mol. The first-order valence-electron chi connectivity index (χ1n) is 7.16. The minimum atomic E-state index is -0.931. The van der Waals surface area contributed by atoms with Crippen LogP contribution in [0, 0.1) is 6.92 Å². The fourth-order valence-corrected chi connectivity index (χ4v) is 3.76. The molecule has 1 aromatic carbocycles. The Bertz CT molecular complexity index is 660. The van der Waals surface area contributed by atoms with Crippen LogP contribution in [0.3, 0.4) is 0 Å². The number of thiazole rings is 1. The van der Waals surface area contributed by atoms with Crippen LogP contribution < -0.4 is 0 Å². The third-order valence-electron chi connectivity index (χ3n) is 3.73. The van der Waals surface area contributed by atoms with Gasteiger partial charge < -0.3 is 5.11 Å². The van der Waals surface area contributed by atoms with Crippen molar-refractivity contribution in [3.8, 4) is 10.6 Å².